The third kappa shape index (κ3) is 4.93. The molecule has 0 radical (unpaired) electrons. The maximum absolute atomic E-state index is 9.27. The molecule has 6 aromatic rings. The Bertz CT molecular complexity index is 1850. The van der Waals surface area contributed by atoms with E-state index in [0.717, 1.165) is 49.7 Å². The Labute approximate surface area is 234 Å². The topological polar surface area (TPSA) is 111 Å². The van der Waals surface area contributed by atoms with Crippen LogP contribution in [0.1, 0.15) is 16.7 Å². The lowest BCUT2D eigenvalue weighted by molar-refractivity contribution is 0.414. The van der Waals surface area contributed by atoms with E-state index < -0.39 is 0 Å². The molecule has 0 saturated carbocycles. The largest absolute Gasteiger partial charge is 0.497 e. The molecule has 0 fully saturated rings. The second-order valence-electron chi connectivity index (χ2n) is 9.09. The highest BCUT2D eigenvalue weighted by atomic mass is 32.1. The van der Waals surface area contributed by atoms with Gasteiger partial charge in [-0.3, -0.25) is 0 Å². The smallest absolute Gasteiger partial charge is 0.242 e. The molecule has 10 heteroatoms. The molecule has 0 saturated heterocycles. The Balaban J connectivity index is 1.23. The molecule has 3 aromatic carbocycles. The summed E-state index contributed by atoms with van der Waals surface area (Å²) in [7, 11) is 1.64. The van der Waals surface area contributed by atoms with Crippen molar-refractivity contribution in [2.24, 2.45) is 0 Å². The molecule has 9 nitrogen and oxygen atoms in total. The van der Waals surface area contributed by atoms with Crippen LogP contribution in [0.2, 0.25) is 0 Å². The van der Waals surface area contributed by atoms with Gasteiger partial charge in [0, 0.05) is 11.3 Å². The van der Waals surface area contributed by atoms with E-state index in [9.17, 15) is 5.26 Å². The summed E-state index contributed by atoms with van der Waals surface area (Å²) in [5.41, 5.74) is 6.51. The van der Waals surface area contributed by atoms with Gasteiger partial charge >= 0.3 is 0 Å². The number of rotatable bonds is 7. The first-order valence-electron chi connectivity index (χ1n) is 12.4. The van der Waals surface area contributed by atoms with Crippen LogP contribution in [0.25, 0.3) is 27.2 Å². The van der Waals surface area contributed by atoms with Gasteiger partial charge in [0.25, 0.3) is 0 Å². The Hall–Kier alpha value is -5.27. The van der Waals surface area contributed by atoms with Crippen LogP contribution in [0.3, 0.4) is 0 Å². The maximum atomic E-state index is 9.27. The minimum Gasteiger partial charge on any atom is -0.497 e. The van der Waals surface area contributed by atoms with E-state index in [2.05, 4.69) is 31.7 Å². The number of methoxy groups -OCH3 is 1. The van der Waals surface area contributed by atoms with Crippen molar-refractivity contribution in [1.29, 1.82) is 5.26 Å². The summed E-state index contributed by atoms with van der Waals surface area (Å²) >= 11 is 1.52. The number of fused-ring (bicyclic) bond motifs is 1. The fourth-order valence-electron chi connectivity index (χ4n) is 4.34. The van der Waals surface area contributed by atoms with Crippen molar-refractivity contribution >= 4 is 33.2 Å². The van der Waals surface area contributed by atoms with E-state index in [1.165, 1.54) is 11.3 Å². The second-order valence-corrected chi connectivity index (χ2v) is 10.0. The molecule has 0 atom stereocenters. The van der Waals surface area contributed by atoms with E-state index in [-0.39, 0.29) is 0 Å². The first-order chi connectivity index (χ1) is 19.5. The monoisotopic (exact) mass is 545 g/mol. The molecular formula is C30H23N7O2S. The van der Waals surface area contributed by atoms with Gasteiger partial charge in [-0.1, -0.05) is 17.3 Å². The first kappa shape index (κ1) is 25.0. The summed E-state index contributed by atoms with van der Waals surface area (Å²) in [6.07, 6.45) is 1.88. The predicted octanol–water partition coefficient (Wildman–Crippen LogP) is 6.97. The molecular weight excluding hydrogens is 522 g/mol. The van der Waals surface area contributed by atoms with Crippen LogP contribution < -0.4 is 14.8 Å². The molecule has 0 aliphatic rings. The van der Waals surface area contributed by atoms with Crippen molar-refractivity contribution in [2.45, 2.75) is 13.8 Å². The van der Waals surface area contributed by atoms with Crippen LogP contribution in [0, 0.1) is 25.2 Å². The minimum absolute atomic E-state index is 0.419. The van der Waals surface area contributed by atoms with Gasteiger partial charge in [0.15, 0.2) is 0 Å². The van der Waals surface area contributed by atoms with Crippen LogP contribution in [0.5, 0.6) is 17.4 Å². The number of nitriles is 1. The molecule has 0 bridgehead atoms. The van der Waals surface area contributed by atoms with E-state index in [1.807, 2.05) is 92.2 Å². The first-order valence-corrected chi connectivity index (χ1v) is 13.3. The summed E-state index contributed by atoms with van der Waals surface area (Å²) in [4.78, 5) is 9.35. The van der Waals surface area contributed by atoms with Crippen LogP contribution in [-0.2, 0) is 0 Å². The SMILES string of the molecule is COc1ccc(-n2cc(-c3ccc(Nc4nc(Oc5c(C)cc(C#N)cc5C)c5sccc5n4)cc3)nn2)cc1. The number of benzene rings is 3. The summed E-state index contributed by atoms with van der Waals surface area (Å²) in [6.45, 7) is 3.85. The number of nitrogens with one attached hydrogen (secondary N) is 1. The van der Waals surface area contributed by atoms with E-state index in [4.69, 9.17) is 9.47 Å². The number of thiophene rings is 1. The third-order valence-corrected chi connectivity index (χ3v) is 7.22. The standard InChI is InChI=1S/C30H23N7O2S/c1-18-14-20(16-31)15-19(2)27(18)39-29-28-25(12-13-40-28)33-30(34-29)32-22-6-4-21(5-7-22)26-17-37(36-35-26)23-8-10-24(38-3)11-9-23/h4-15,17H,1-3H3,(H,32,33,34). The lowest BCUT2D eigenvalue weighted by atomic mass is 10.1. The van der Waals surface area contributed by atoms with Crippen LogP contribution >= 0.6 is 11.3 Å². The van der Waals surface area contributed by atoms with Crippen molar-refractivity contribution in [2.75, 3.05) is 12.4 Å². The van der Waals surface area contributed by atoms with Gasteiger partial charge in [-0.15, -0.1) is 16.4 Å². The third-order valence-electron chi connectivity index (χ3n) is 6.33. The molecule has 40 heavy (non-hydrogen) atoms. The average Bonchev–Trinajstić information content (AvgIpc) is 3.66. The molecule has 0 aliphatic carbocycles. The maximum Gasteiger partial charge on any atom is 0.242 e. The Morgan fingerprint density at radius 2 is 1.70 bits per heavy atom. The van der Waals surface area contributed by atoms with Crippen LogP contribution in [-0.4, -0.2) is 32.1 Å². The minimum atomic E-state index is 0.419. The number of aromatic nitrogens is 5. The molecule has 196 valence electrons. The fourth-order valence-corrected chi connectivity index (χ4v) is 5.10. The van der Waals surface area contributed by atoms with Crippen molar-refractivity contribution in [3.8, 4) is 40.4 Å². The van der Waals surface area contributed by atoms with E-state index in [0.29, 0.717) is 23.1 Å². The number of hydrogen-bond acceptors (Lipinski definition) is 9. The fraction of sp³-hybridized carbons (Fsp3) is 0.100. The van der Waals surface area contributed by atoms with Gasteiger partial charge < -0.3 is 14.8 Å². The summed E-state index contributed by atoms with van der Waals surface area (Å²) in [6, 6.07) is 23.2. The Kier molecular flexibility index (Phi) is 6.56. The Morgan fingerprint density at radius 3 is 2.40 bits per heavy atom. The van der Waals surface area contributed by atoms with Gasteiger partial charge in [-0.05, 0) is 85.0 Å². The van der Waals surface area contributed by atoms with Gasteiger partial charge in [-0.2, -0.15) is 10.2 Å². The summed E-state index contributed by atoms with van der Waals surface area (Å²) in [5, 5.41) is 23.1. The van der Waals surface area contributed by atoms with Crippen molar-refractivity contribution in [1.82, 2.24) is 25.0 Å². The van der Waals surface area contributed by atoms with Gasteiger partial charge in [0.1, 0.15) is 21.9 Å². The molecule has 0 aliphatic heterocycles. The number of ether oxygens (including phenoxy) is 2. The van der Waals surface area contributed by atoms with Crippen molar-refractivity contribution in [3.63, 3.8) is 0 Å². The molecule has 6 rings (SSSR count). The molecule has 0 amide bonds. The number of aryl methyl sites for hydroxylation is 2. The second kappa shape index (κ2) is 10.5. The van der Waals surface area contributed by atoms with Gasteiger partial charge in [-0.25, -0.2) is 9.67 Å². The zero-order valence-corrected chi connectivity index (χ0v) is 22.7. The molecule has 3 aromatic heterocycles. The quantitative estimate of drug-likeness (QED) is 0.229. The van der Waals surface area contributed by atoms with Crippen molar-refractivity contribution in [3.05, 3.63) is 95.0 Å². The number of anilines is 2. The van der Waals surface area contributed by atoms with E-state index >= 15 is 0 Å². The molecule has 0 spiro atoms. The zero-order chi connectivity index (χ0) is 27.6. The molecule has 0 unspecified atom stereocenters. The van der Waals surface area contributed by atoms with Crippen LogP contribution in [0.15, 0.2) is 78.3 Å². The van der Waals surface area contributed by atoms with Gasteiger partial charge in [0.05, 0.1) is 36.1 Å². The average molecular weight is 546 g/mol. The predicted molar refractivity (Wildman–Crippen MR) is 155 cm³/mol. The van der Waals surface area contributed by atoms with Crippen molar-refractivity contribution < 1.29 is 9.47 Å². The lowest BCUT2D eigenvalue weighted by Crippen LogP contribution is -2.00. The number of hydrogen-bond donors (Lipinski definition) is 1. The van der Waals surface area contributed by atoms with Gasteiger partial charge in [0.2, 0.25) is 11.8 Å². The summed E-state index contributed by atoms with van der Waals surface area (Å²) < 4.78 is 14.1. The highest BCUT2D eigenvalue weighted by Gasteiger charge is 2.15. The van der Waals surface area contributed by atoms with Crippen LogP contribution in [0.4, 0.5) is 11.6 Å². The highest BCUT2D eigenvalue weighted by Crippen LogP contribution is 2.36. The number of nitrogens with zero attached hydrogens (tertiary/aromatic N) is 6. The lowest BCUT2D eigenvalue weighted by Gasteiger charge is -2.13. The zero-order valence-electron chi connectivity index (χ0n) is 21.9. The molecule has 1 N–H and O–H groups in total. The molecule has 3 heterocycles. The summed E-state index contributed by atoms with van der Waals surface area (Å²) in [5.74, 6) is 2.35. The van der Waals surface area contributed by atoms with E-state index in [1.54, 1.807) is 11.8 Å². The highest BCUT2D eigenvalue weighted by molar-refractivity contribution is 7.17. The Morgan fingerprint density at radius 1 is 0.950 bits per heavy atom. The normalized spacial score (nSPS) is 10.8.